The number of amides is 2. The highest BCUT2D eigenvalue weighted by Gasteiger charge is 2.35. The molecule has 1 saturated heterocycles. The van der Waals surface area contributed by atoms with Crippen LogP contribution in [0.15, 0.2) is 24.3 Å². The molecule has 0 spiro atoms. The van der Waals surface area contributed by atoms with E-state index in [0.29, 0.717) is 35.5 Å². The Balaban J connectivity index is 2.12. The molecule has 1 aromatic carbocycles. The molecule has 2 N–H and O–H groups in total. The van der Waals surface area contributed by atoms with Gasteiger partial charge in [0.25, 0.3) is 5.91 Å². The summed E-state index contributed by atoms with van der Waals surface area (Å²) in [5, 5.41) is 10.4. The zero-order valence-electron chi connectivity index (χ0n) is 25.1. The van der Waals surface area contributed by atoms with E-state index in [4.69, 9.17) is 25.8 Å². The molecule has 1 aliphatic heterocycles. The number of hydrogen-bond donors (Lipinski definition) is 2. The van der Waals surface area contributed by atoms with Crippen molar-refractivity contribution in [2.24, 2.45) is 0 Å². The van der Waals surface area contributed by atoms with E-state index in [1.54, 1.807) is 39.0 Å². The molecule has 0 saturated carbocycles. The summed E-state index contributed by atoms with van der Waals surface area (Å²) in [5.41, 5.74) is 0.300. The normalized spacial score (nSPS) is 16.1. The molecule has 42 heavy (non-hydrogen) atoms. The number of hydrogen-bond acceptors (Lipinski definition) is 9. The van der Waals surface area contributed by atoms with E-state index in [0.717, 1.165) is 8.39 Å². The van der Waals surface area contributed by atoms with E-state index in [9.17, 15) is 18.0 Å². The fraction of sp³-hybridized carbons (Fsp3) is 0.593. The van der Waals surface area contributed by atoms with Crippen LogP contribution in [-0.4, -0.2) is 99.8 Å². The van der Waals surface area contributed by atoms with Gasteiger partial charge in [-0.3, -0.25) is 4.79 Å². The maximum atomic E-state index is 13.6. The second kappa shape index (κ2) is 14.0. The number of methoxy groups -OCH3 is 2. The molecule has 1 fully saturated rings. The number of ether oxygens (including phenoxy) is 3. The lowest BCUT2D eigenvalue weighted by atomic mass is 10.0. The van der Waals surface area contributed by atoms with Crippen LogP contribution in [0.4, 0.5) is 10.6 Å². The van der Waals surface area contributed by atoms with Gasteiger partial charge < -0.3 is 29.7 Å². The molecule has 0 aliphatic carbocycles. The van der Waals surface area contributed by atoms with Gasteiger partial charge >= 0.3 is 16.3 Å². The first-order valence-corrected chi connectivity index (χ1v) is 15.3. The van der Waals surface area contributed by atoms with E-state index in [1.165, 1.54) is 28.3 Å². The number of nitrogens with zero attached hydrogens (tertiary/aromatic N) is 4. The van der Waals surface area contributed by atoms with Crippen molar-refractivity contribution in [1.29, 1.82) is 0 Å². The fourth-order valence-corrected chi connectivity index (χ4v) is 5.65. The second-order valence-electron chi connectivity index (χ2n) is 11.1. The highest BCUT2D eigenvalue weighted by molar-refractivity contribution is 7.87. The van der Waals surface area contributed by atoms with Gasteiger partial charge in [-0.15, -0.1) is 9.19 Å². The zero-order valence-corrected chi connectivity index (χ0v) is 26.7. The summed E-state index contributed by atoms with van der Waals surface area (Å²) in [6.07, 6.45) is 0.150. The number of carbonyl (C=O) groups is 2. The summed E-state index contributed by atoms with van der Waals surface area (Å²) in [4.78, 5) is 27.9. The Morgan fingerprint density at radius 1 is 1.19 bits per heavy atom. The molecule has 3 rings (SSSR count). The number of halogens is 1. The van der Waals surface area contributed by atoms with Gasteiger partial charge in [-0.05, 0) is 45.2 Å². The Morgan fingerprint density at radius 3 is 2.45 bits per heavy atom. The van der Waals surface area contributed by atoms with Crippen molar-refractivity contribution < 1.29 is 32.2 Å². The average Bonchev–Trinajstić information content (AvgIpc) is 3.29. The highest BCUT2D eigenvalue weighted by atomic mass is 35.5. The lowest BCUT2D eigenvalue weighted by molar-refractivity contribution is -0.0974. The topological polar surface area (TPSA) is 144 Å². The minimum absolute atomic E-state index is 0.00554. The lowest BCUT2D eigenvalue weighted by Gasteiger charge is -2.35. The van der Waals surface area contributed by atoms with Gasteiger partial charge in [-0.25, -0.2) is 4.79 Å². The third-order valence-corrected chi connectivity index (χ3v) is 8.53. The van der Waals surface area contributed by atoms with Gasteiger partial charge in [0.05, 0.1) is 6.54 Å². The molecule has 15 heteroatoms. The maximum Gasteiger partial charge on any atom is 0.407 e. The first-order valence-electron chi connectivity index (χ1n) is 13.5. The molecule has 0 radical (unpaired) electrons. The molecule has 0 bridgehead atoms. The van der Waals surface area contributed by atoms with Gasteiger partial charge in [0.15, 0.2) is 12.0 Å². The first-order chi connectivity index (χ1) is 19.7. The van der Waals surface area contributed by atoms with E-state index >= 15 is 0 Å². The van der Waals surface area contributed by atoms with Crippen LogP contribution in [0.3, 0.4) is 0 Å². The summed E-state index contributed by atoms with van der Waals surface area (Å²) in [6.45, 7) is 6.07. The van der Waals surface area contributed by atoms with Crippen LogP contribution >= 0.6 is 11.6 Å². The summed E-state index contributed by atoms with van der Waals surface area (Å²) in [7, 11) is 1.48. The Kier molecular flexibility index (Phi) is 11.2. The van der Waals surface area contributed by atoms with Crippen molar-refractivity contribution in [3.05, 3.63) is 46.1 Å². The molecule has 2 heterocycles. The van der Waals surface area contributed by atoms with E-state index in [-0.39, 0.29) is 37.1 Å². The molecule has 13 nitrogen and oxygen atoms in total. The van der Waals surface area contributed by atoms with Gasteiger partial charge in [0.1, 0.15) is 11.4 Å². The molecule has 0 unspecified atom stereocenters. The number of nitrogens with one attached hydrogen (secondary N) is 2. The van der Waals surface area contributed by atoms with Crippen LogP contribution in [0.2, 0.25) is 5.02 Å². The van der Waals surface area contributed by atoms with Crippen molar-refractivity contribution in [1.82, 2.24) is 24.1 Å². The SMILES string of the molecule is COC(CNC(=O)c1nn(S(=O)(=O)N(C)C)c(N2CCC[C@H](NC(=O)OC(C)(C)C)C2)c1Cc1ccccc1Cl)OC. The van der Waals surface area contributed by atoms with E-state index < -0.39 is 34.1 Å². The Labute approximate surface area is 252 Å². The maximum absolute atomic E-state index is 13.6. The minimum Gasteiger partial charge on any atom is -0.444 e. The van der Waals surface area contributed by atoms with Gasteiger partial charge in [-0.2, -0.15) is 12.7 Å². The molecule has 1 atom stereocenters. The average molecular weight is 629 g/mol. The third kappa shape index (κ3) is 8.34. The smallest absolute Gasteiger partial charge is 0.407 e. The number of alkyl carbamates (subject to hydrolysis) is 1. The van der Waals surface area contributed by atoms with Crippen molar-refractivity contribution >= 4 is 39.6 Å². The Hall–Kier alpha value is -2.91. The van der Waals surface area contributed by atoms with Crippen molar-refractivity contribution in [2.75, 3.05) is 52.8 Å². The molecule has 1 aliphatic rings. The number of aromatic nitrogens is 2. The molecule has 2 amide bonds. The van der Waals surface area contributed by atoms with Crippen LogP contribution in [0.5, 0.6) is 0 Å². The quantitative estimate of drug-likeness (QED) is 0.359. The van der Waals surface area contributed by atoms with E-state index in [2.05, 4.69) is 15.7 Å². The van der Waals surface area contributed by atoms with Gasteiger partial charge in [0, 0.05) is 64.5 Å². The fourth-order valence-electron chi connectivity index (χ4n) is 4.51. The Bertz CT molecular complexity index is 1360. The number of anilines is 1. The number of benzene rings is 1. The van der Waals surface area contributed by atoms with Crippen LogP contribution < -0.4 is 15.5 Å². The highest BCUT2D eigenvalue weighted by Crippen LogP contribution is 2.33. The standard InChI is InChI=1S/C27H41ClN6O7S/c1-27(2,3)41-26(36)30-19-12-10-14-33(17-19)25-20(15-18-11-8-9-13-21(18)28)23(24(35)29-16-22(39-6)40-7)31-34(25)42(37,38)32(4)5/h8-9,11,13,19,22H,10,12,14-17H2,1-7H3,(H,29,35)(H,30,36)/t19-/m0/s1. The van der Waals surface area contributed by atoms with Gasteiger partial charge in [-0.1, -0.05) is 29.8 Å². The van der Waals surface area contributed by atoms with Crippen molar-refractivity contribution in [3.8, 4) is 0 Å². The van der Waals surface area contributed by atoms with Crippen LogP contribution in [-0.2, 0) is 30.8 Å². The monoisotopic (exact) mass is 628 g/mol. The third-order valence-electron chi connectivity index (χ3n) is 6.54. The molecule has 234 valence electrons. The molecular formula is C27H41ClN6O7S. The molecule has 2 aromatic rings. The number of carbonyl (C=O) groups excluding carboxylic acids is 2. The Morgan fingerprint density at radius 2 is 1.86 bits per heavy atom. The summed E-state index contributed by atoms with van der Waals surface area (Å²) in [5.74, 6) is -0.384. The molecular weight excluding hydrogens is 588 g/mol. The predicted octanol–water partition coefficient (Wildman–Crippen LogP) is 2.62. The van der Waals surface area contributed by atoms with Crippen LogP contribution in [0, 0.1) is 0 Å². The largest absolute Gasteiger partial charge is 0.444 e. The minimum atomic E-state index is -4.18. The second-order valence-corrected chi connectivity index (χ2v) is 13.5. The van der Waals surface area contributed by atoms with Crippen molar-refractivity contribution in [3.63, 3.8) is 0 Å². The zero-order chi connectivity index (χ0) is 31.2. The predicted molar refractivity (Wildman–Crippen MR) is 159 cm³/mol. The van der Waals surface area contributed by atoms with Crippen LogP contribution in [0.25, 0.3) is 0 Å². The van der Waals surface area contributed by atoms with Crippen molar-refractivity contribution in [2.45, 2.75) is 58.0 Å². The summed E-state index contributed by atoms with van der Waals surface area (Å²) in [6, 6.07) is 6.79. The summed E-state index contributed by atoms with van der Waals surface area (Å²) < 4.78 is 44.9. The molecule has 1 aromatic heterocycles. The van der Waals surface area contributed by atoms with E-state index in [1.807, 2.05) is 11.0 Å². The van der Waals surface area contributed by atoms with Crippen LogP contribution in [0.1, 0.15) is 55.2 Å². The number of piperidine rings is 1. The summed E-state index contributed by atoms with van der Waals surface area (Å²) >= 11 is 6.50. The van der Waals surface area contributed by atoms with Gasteiger partial charge in [0.2, 0.25) is 0 Å². The first kappa shape index (κ1) is 33.6. The number of rotatable bonds is 11. The lowest BCUT2D eigenvalue weighted by Crippen LogP contribution is -2.50.